The van der Waals surface area contributed by atoms with Crippen LogP contribution in [0, 0.1) is 5.92 Å². The van der Waals surface area contributed by atoms with Gasteiger partial charge in [-0.25, -0.2) is 0 Å². The largest absolute Gasteiger partial charge is 0.481 e. The summed E-state index contributed by atoms with van der Waals surface area (Å²) in [6.07, 6.45) is 5.65. The van der Waals surface area contributed by atoms with Crippen LogP contribution < -0.4 is 0 Å². The lowest BCUT2D eigenvalue weighted by Gasteiger charge is -2.28. The van der Waals surface area contributed by atoms with E-state index in [0.717, 1.165) is 38.5 Å². The third-order valence-corrected chi connectivity index (χ3v) is 3.66. The molecule has 2 fully saturated rings. The van der Waals surface area contributed by atoms with Crippen LogP contribution in [0.4, 0.5) is 0 Å². The van der Waals surface area contributed by atoms with Gasteiger partial charge in [0.25, 0.3) is 0 Å². The average Bonchev–Trinajstić information content (AvgIpc) is 2.97. The zero-order valence-electron chi connectivity index (χ0n) is 9.78. The highest BCUT2D eigenvalue weighted by Gasteiger charge is 2.39. The van der Waals surface area contributed by atoms with Gasteiger partial charge in [0.2, 0.25) is 0 Å². The van der Waals surface area contributed by atoms with Crippen molar-refractivity contribution in [3.05, 3.63) is 0 Å². The van der Waals surface area contributed by atoms with Gasteiger partial charge in [0.15, 0.2) is 0 Å². The third-order valence-electron chi connectivity index (χ3n) is 3.66. The first kappa shape index (κ1) is 11.9. The normalized spacial score (nSPS) is 32.3. The number of carboxylic acid groups (broad SMARTS) is 1. The smallest absolute Gasteiger partial charge is 0.309 e. The summed E-state index contributed by atoms with van der Waals surface area (Å²) in [6, 6.07) is 0. The number of carboxylic acids is 1. The Morgan fingerprint density at radius 3 is 2.69 bits per heavy atom. The molecule has 0 radical (unpaired) electrons. The number of hydrogen-bond donors (Lipinski definition) is 1. The first-order valence-electron chi connectivity index (χ1n) is 6.09. The molecule has 0 saturated heterocycles. The molecule has 2 unspecified atom stereocenters. The highest BCUT2D eigenvalue weighted by Crippen LogP contribution is 2.38. The zero-order chi connectivity index (χ0) is 11.6. The van der Waals surface area contributed by atoms with Crippen molar-refractivity contribution in [2.45, 2.75) is 57.2 Å². The summed E-state index contributed by atoms with van der Waals surface area (Å²) < 4.78 is 11.1. The van der Waals surface area contributed by atoms with Crippen LogP contribution in [0.15, 0.2) is 0 Å². The lowest BCUT2D eigenvalue weighted by molar-refractivity contribution is -0.165. The molecule has 0 spiro atoms. The summed E-state index contributed by atoms with van der Waals surface area (Å²) in [4.78, 5) is 11.0. The Labute approximate surface area is 95.9 Å². The van der Waals surface area contributed by atoms with Crippen LogP contribution in [-0.4, -0.2) is 29.6 Å². The minimum atomic E-state index is -0.734. The Kier molecular flexibility index (Phi) is 3.50. The molecule has 4 nitrogen and oxygen atoms in total. The quantitative estimate of drug-likeness (QED) is 0.733. The van der Waals surface area contributed by atoms with Crippen LogP contribution in [0.5, 0.6) is 0 Å². The highest BCUT2D eigenvalue weighted by atomic mass is 16.7. The van der Waals surface area contributed by atoms with Crippen molar-refractivity contribution >= 4 is 5.97 Å². The summed E-state index contributed by atoms with van der Waals surface area (Å²) >= 11 is 0. The molecule has 2 rings (SSSR count). The van der Waals surface area contributed by atoms with Crippen LogP contribution in [0.25, 0.3) is 0 Å². The van der Waals surface area contributed by atoms with Gasteiger partial charge in [0, 0.05) is 0 Å². The summed E-state index contributed by atoms with van der Waals surface area (Å²) in [5, 5.41) is 9.06. The average molecular weight is 228 g/mol. The van der Waals surface area contributed by atoms with Gasteiger partial charge in [0.1, 0.15) is 6.79 Å². The second-order valence-corrected chi connectivity index (χ2v) is 5.15. The molecule has 2 atom stereocenters. The van der Waals surface area contributed by atoms with E-state index < -0.39 is 5.97 Å². The Hall–Kier alpha value is -0.610. The SMILES string of the molecule is CC1(OCOC2CCCCC2C(=O)O)CC1. The van der Waals surface area contributed by atoms with Crippen molar-refractivity contribution in [3.8, 4) is 0 Å². The number of hydrogen-bond acceptors (Lipinski definition) is 3. The Morgan fingerprint density at radius 1 is 1.38 bits per heavy atom. The molecule has 0 amide bonds. The number of aliphatic carboxylic acids is 1. The van der Waals surface area contributed by atoms with E-state index in [0.29, 0.717) is 0 Å². The molecular formula is C12H20O4. The van der Waals surface area contributed by atoms with E-state index in [2.05, 4.69) is 6.92 Å². The summed E-state index contributed by atoms with van der Waals surface area (Å²) in [5.74, 6) is -1.08. The fourth-order valence-corrected chi connectivity index (χ4v) is 2.16. The second-order valence-electron chi connectivity index (χ2n) is 5.15. The highest BCUT2D eigenvalue weighted by molar-refractivity contribution is 5.70. The monoisotopic (exact) mass is 228 g/mol. The molecule has 92 valence electrons. The summed E-state index contributed by atoms with van der Waals surface area (Å²) in [5.41, 5.74) is 0.00733. The second kappa shape index (κ2) is 4.72. The van der Waals surface area contributed by atoms with Gasteiger partial charge >= 0.3 is 5.97 Å². The van der Waals surface area contributed by atoms with Gasteiger partial charge in [-0.1, -0.05) is 12.8 Å². The molecule has 0 aromatic carbocycles. The Balaban J connectivity index is 1.75. The van der Waals surface area contributed by atoms with Gasteiger partial charge < -0.3 is 14.6 Å². The minimum absolute atomic E-state index is 0.00733. The van der Waals surface area contributed by atoms with Gasteiger partial charge in [-0.05, 0) is 32.6 Å². The molecular weight excluding hydrogens is 208 g/mol. The summed E-state index contributed by atoms with van der Waals surface area (Å²) in [6.45, 7) is 2.30. The molecule has 2 saturated carbocycles. The maximum absolute atomic E-state index is 11.0. The number of carbonyl (C=O) groups is 1. The Morgan fingerprint density at radius 2 is 2.06 bits per heavy atom. The summed E-state index contributed by atoms with van der Waals surface area (Å²) in [7, 11) is 0. The molecule has 2 aliphatic carbocycles. The lowest BCUT2D eigenvalue weighted by Crippen LogP contribution is -2.34. The maximum Gasteiger partial charge on any atom is 0.309 e. The third kappa shape index (κ3) is 2.95. The van der Waals surface area contributed by atoms with E-state index in [9.17, 15) is 4.79 Å². The van der Waals surface area contributed by atoms with Crippen molar-refractivity contribution in [1.29, 1.82) is 0 Å². The number of rotatable bonds is 5. The fraction of sp³-hybridized carbons (Fsp3) is 0.917. The van der Waals surface area contributed by atoms with E-state index in [1.165, 1.54) is 0 Å². The molecule has 0 aliphatic heterocycles. The number of ether oxygens (including phenoxy) is 2. The van der Waals surface area contributed by atoms with Crippen LogP contribution >= 0.6 is 0 Å². The molecule has 0 bridgehead atoms. The van der Waals surface area contributed by atoms with Crippen molar-refractivity contribution in [1.82, 2.24) is 0 Å². The van der Waals surface area contributed by atoms with Crippen molar-refractivity contribution in [3.63, 3.8) is 0 Å². The van der Waals surface area contributed by atoms with Gasteiger partial charge in [-0.2, -0.15) is 0 Å². The van der Waals surface area contributed by atoms with Crippen molar-refractivity contribution in [2.24, 2.45) is 5.92 Å². The molecule has 0 aromatic heterocycles. The molecule has 16 heavy (non-hydrogen) atoms. The minimum Gasteiger partial charge on any atom is -0.481 e. The maximum atomic E-state index is 11.0. The standard InChI is InChI=1S/C12H20O4/c1-12(6-7-12)16-8-15-10-5-3-2-4-9(10)11(13)14/h9-10H,2-8H2,1H3,(H,13,14). The van der Waals surface area contributed by atoms with E-state index >= 15 is 0 Å². The molecule has 0 aromatic rings. The van der Waals surface area contributed by atoms with Crippen LogP contribution in [-0.2, 0) is 14.3 Å². The first-order chi connectivity index (χ1) is 7.61. The Bertz CT molecular complexity index is 260. The van der Waals surface area contributed by atoms with Crippen molar-refractivity contribution < 1.29 is 19.4 Å². The zero-order valence-corrected chi connectivity index (χ0v) is 9.78. The van der Waals surface area contributed by atoms with E-state index in [1.807, 2.05) is 0 Å². The predicted octanol–water partition coefficient (Wildman–Crippen LogP) is 2.17. The van der Waals surface area contributed by atoms with Crippen LogP contribution in [0.2, 0.25) is 0 Å². The molecule has 1 N–H and O–H groups in total. The van der Waals surface area contributed by atoms with Gasteiger partial charge in [0.05, 0.1) is 17.6 Å². The molecule has 4 heteroatoms. The van der Waals surface area contributed by atoms with Gasteiger partial charge in [-0.15, -0.1) is 0 Å². The first-order valence-corrected chi connectivity index (χ1v) is 6.09. The molecule has 2 aliphatic rings. The van der Waals surface area contributed by atoms with Crippen LogP contribution in [0.3, 0.4) is 0 Å². The fourth-order valence-electron chi connectivity index (χ4n) is 2.16. The van der Waals surface area contributed by atoms with Crippen LogP contribution in [0.1, 0.15) is 45.4 Å². The van der Waals surface area contributed by atoms with Crippen molar-refractivity contribution in [2.75, 3.05) is 6.79 Å². The van der Waals surface area contributed by atoms with E-state index in [1.54, 1.807) is 0 Å². The van der Waals surface area contributed by atoms with E-state index in [4.69, 9.17) is 14.6 Å². The predicted molar refractivity (Wildman–Crippen MR) is 58.1 cm³/mol. The van der Waals surface area contributed by atoms with E-state index in [-0.39, 0.29) is 24.4 Å². The lowest BCUT2D eigenvalue weighted by atomic mass is 9.86. The van der Waals surface area contributed by atoms with Gasteiger partial charge in [-0.3, -0.25) is 4.79 Å². The molecule has 0 heterocycles. The topological polar surface area (TPSA) is 55.8 Å².